The number of nitrogens with zero attached hydrogens (tertiary/aromatic N) is 1. The molecule has 0 saturated carbocycles. The molecule has 0 aliphatic heterocycles. The first-order valence-corrected chi connectivity index (χ1v) is 6.53. The van der Waals surface area contributed by atoms with Gasteiger partial charge < -0.3 is 4.74 Å². The fourth-order valence-electron chi connectivity index (χ4n) is 2.24. The summed E-state index contributed by atoms with van der Waals surface area (Å²) in [4.78, 5) is 4.55. The number of ether oxygens (including phenoxy) is 1. The topological polar surface area (TPSA) is 21.6 Å². The minimum absolute atomic E-state index is 0.781. The average Bonchev–Trinajstić information content (AvgIpc) is 2.53. The van der Waals surface area contributed by atoms with Crippen molar-refractivity contribution in [3.05, 3.63) is 72.3 Å². The number of benzene rings is 3. The molecule has 0 bridgehead atoms. The first kappa shape index (κ1) is 12.4. The van der Waals surface area contributed by atoms with Crippen molar-refractivity contribution >= 4 is 22.7 Å². The smallest absolute Gasteiger partial charge is 0.144 e. The molecule has 0 radical (unpaired) electrons. The van der Waals surface area contributed by atoms with Crippen LogP contribution in [0.15, 0.2) is 71.7 Å². The Morgan fingerprint density at radius 2 is 1.60 bits per heavy atom. The number of para-hydroxylation sites is 2. The quantitative estimate of drug-likeness (QED) is 0.631. The van der Waals surface area contributed by atoms with Crippen molar-refractivity contribution in [1.82, 2.24) is 0 Å². The summed E-state index contributed by atoms with van der Waals surface area (Å²) in [5.41, 5.74) is 1.94. The second kappa shape index (κ2) is 5.57. The molecule has 0 fully saturated rings. The predicted octanol–water partition coefficient (Wildman–Crippen LogP) is 4.60. The van der Waals surface area contributed by atoms with Crippen LogP contribution in [-0.2, 0) is 0 Å². The van der Waals surface area contributed by atoms with Gasteiger partial charge >= 0.3 is 0 Å². The largest absolute Gasteiger partial charge is 0.494 e. The molecule has 0 spiro atoms. The lowest BCUT2D eigenvalue weighted by Crippen LogP contribution is -1.85. The Hall–Kier alpha value is -2.61. The molecule has 2 heteroatoms. The molecule has 3 aromatic rings. The van der Waals surface area contributed by atoms with Crippen molar-refractivity contribution in [3.8, 4) is 5.75 Å². The second-order valence-electron chi connectivity index (χ2n) is 4.50. The van der Waals surface area contributed by atoms with Crippen LogP contribution >= 0.6 is 0 Å². The third-order valence-corrected chi connectivity index (χ3v) is 3.25. The summed E-state index contributed by atoms with van der Waals surface area (Å²) in [6, 6.07) is 22.3. The molecule has 3 rings (SSSR count). The normalized spacial score (nSPS) is 11.1. The number of hydrogen-bond donors (Lipinski definition) is 0. The molecule has 2 nitrogen and oxygen atoms in total. The number of aliphatic imine (C=N–C) groups is 1. The highest BCUT2D eigenvalue weighted by atomic mass is 16.5. The number of fused-ring (bicyclic) bond motifs is 1. The second-order valence-corrected chi connectivity index (χ2v) is 4.50. The Balaban J connectivity index is 2.03. The first-order valence-electron chi connectivity index (χ1n) is 6.53. The number of rotatable bonds is 3. The van der Waals surface area contributed by atoms with Gasteiger partial charge in [0.2, 0.25) is 0 Å². The molecular weight excluding hydrogens is 246 g/mol. The van der Waals surface area contributed by atoms with E-state index in [9.17, 15) is 0 Å². The summed E-state index contributed by atoms with van der Waals surface area (Å²) in [6.07, 6.45) is 1.89. The number of hydrogen-bond acceptors (Lipinski definition) is 2. The van der Waals surface area contributed by atoms with Gasteiger partial charge in [0, 0.05) is 11.8 Å². The van der Waals surface area contributed by atoms with Gasteiger partial charge in [0.25, 0.3) is 0 Å². The molecule has 3 aromatic carbocycles. The van der Waals surface area contributed by atoms with Crippen LogP contribution in [0.2, 0.25) is 0 Å². The van der Waals surface area contributed by atoms with Crippen LogP contribution in [0.5, 0.6) is 5.75 Å². The van der Waals surface area contributed by atoms with Crippen LogP contribution in [-0.4, -0.2) is 13.3 Å². The van der Waals surface area contributed by atoms with Gasteiger partial charge in [0.15, 0.2) is 0 Å². The van der Waals surface area contributed by atoms with Crippen LogP contribution in [0.1, 0.15) is 5.56 Å². The fourth-order valence-corrected chi connectivity index (χ4v) is 2.24. The van der Waals surface area contributed by atoms with E-state index in [1.165, 1.54) is 10.8 Å². The lowest BCUT2D eigenvalue weighted by molar-refractivity contribution is 0.416. The lowest BCUT2D eigenvalue weighted by atomic mass is 10.1. The van der Waals surface area contributed by atoms with E-state index in [-0.39, 0.29) is 0 Å². The summed E-state index contributed by atoms with van der Waals surface area (Å²) in [5, 5.41) is 2.42. The van der Waals surface area contributed by atoms with E-state index in [0.717, 1.165) is 17.0 Å². The zero-order valence-corrected chi connectivity index (χ0v) is 11.3. The summed E-state index contributed by atoms with van der Waals surface area (Å²) >= 11 is 0. The summed E-state index contributed by atoms with van der Waals surface area (Å²) in [5.74, 6) is 0.781. The molecule has 0 saturated heterocycles. The van der Waals surface area contributed by atoms with Crippen LogP contribution in [0, 0.1) is 0 Å². The minimum Gasteiger partial charge on any atom is -0.494 e. The molecule has 0 aromatic heterocycles. The third-order valence-electron chi connectivity index (χ3n) is 3.25. The van der Waals surface area contributed by atoms with Crippen LogP contribution < -0.4 is 4.74 Å². The zero-order valence-electron chi connectivity index (χ0n) is 11.3. The zero-order chi connectivity index (χ0) is 13.8. The van der Waals surface area contributed by atoms with E-state index in [1.807, 2.05) is 48.7 Å². The highest BCUT2D eigenvalue weighted by Gasteiger charge is 2.00. The highest BCUT2D eigenvalue weighted by molar-refractivity contribution is 6.00. The van der Waals surface area contributed by atoms with Gasteiger partial charge in [0.1, 0.15) is 11.4 Å². The van der Waals surface area contributed by atoms with E-state index < -0.39 is 0 Å². The molecule has 0 unspecified atom stereocenters. The molecule has 98 valence electrons. The Kier molecular flexibility index (Phi) is 3.46. The molecule has 0 atom stereocenters. The van der Waals surface area contributed by atoms with Gasteiger partial charge in [-0.1, -0.05) is 54.6 Å². The van der Waals surface area contributed by atoms with E-state index in [2.05, 4.69) is 29.3 Å². The van der Waals surface area contributed by atoms with Gasteiger partial charge in [-0.25, -0.2) is 0 Å². The van der Waals surface area contributed by atoms with Gasteiger partial charge in [-0.3, -0.25) is 4.99 Å². The van der Waals surface area contributed by atoms with Crippen molar-refractivity contribution in [2.45, 2.75) is 0 Å². The Bertz CT molecular complexity index is 757. The average molecular weight is 261 g/mol. The monoisotopic (exact) mass is 261 g/mol. The summed E-state index contributed by atoms with van der Waals surface area (Å²) in [7, 11) is 1.66. The van der Waals surface area contributed by atoms with E-state index in [0.29, 0.717) is 0 Å². The maximum absolute atomic E-state index is 5.31. The van der Waals surface area contributed by atoms with E-state index in [1.54, 1.807) is 7.11 Å². The van der Waals surface area contributed by atoms with Crippen LogP contribution in [0.4, 0.5) is 5.69 Å². The Morgan fingerprint density at radius 1 is 0.850 bits per heavy atom. The van der Waals surface area contributed by atoms with Gasteiger partial charge in [0.05, 0.1) is 7.11 Å². The molecule has 0 N–H and O–H groups in total. The van der Waals surface area contributed by atoms with Crippen LogP contribution in [0.3, 0.4) is 0 Å². The van der Waals surface area contributed by atoms with Crippen molar-refractivity contribution in [2.75, 3.05) is 7.11 Å². The standard InChI is InChI=1S/C18H15NO/c1-20-18-12-5-4-11-17(18)19-13-15-9-6-8-14-7-2-3-10-16(14)15/h2-13H,1H3. The maximum Gasteiger partial charge on any atom is 0.144 e. The highest BCUT2D eigenvalue weighted by Crippen LogP contribution is 2.26. The molecule has 0 heterocycles. The Labute approximate surface area is 118 Å². The molecule has 0 amide bonds. The van der Waals surface area contributed by atoms with E-state index >= 15 is 0 Å². The van der Waals surface area contributed by atoms with Gasteiger partial charge in [-0.05, 0) is 22.9 Å². The predicted molar refractivity (Wildman–Crippen MR) is 84.2 cm³/mol. The van der Waals surface area contributed by atoms with Crippen molar-refractivity contribution in [2.24, 2.45) is 4.99 Å². The SMILES string of the molecule is COc1ccccc1N=Cc1cccc2ccccc12. The third kappa shape index (κ3) is 2.41. The summed E-state index contributed by atoms with van der Waals surface area (Å²) < 4.78 is 5.31. The maximum atomic E-state index is 5.31. The minimum atomic E-state index is 0.781. The molecular formula is C18H15NO. The fraction of sp³-hybridized carbons (Fsp3) is 0.0556. The molecule has 20 heavy (non-hydrogen) atoms. The van der Waals surface area contributed by atoms with Gasteiger partial charge in [-0.2, -0.15) is 0 Å². The van der Waals surface area contributed by atoms with Crippen molar-refractivity contribution in [3.63, 3.8) is 0 Å². The van der Waals surface area contributed by atoms with Crippen molar-refractivity contribution < 1.29 is 4.74 Å². The first-order chi connectivity index (χ1) is 9.88. The van der Waals surface area contributed by atoms with Gasteiger partial charge in [-0.15, -0.1) is 0 Å². The van der Waals surface area contributed by atoms with E-state index in [4.69, 9.17) is 4.74 Å². The molecule has 0 aliphatic carbocycles. The molecule has 0 aliphatic rings. The lowest BCUT2D eigenvalue weighted by Gasteiger charge is -2.04. The Morgan fingerprint density at radius 3 is 2.50 bits per heavy atom. The van der Waals surface area contributed by atoms with Crippen molar-refractivity contribution in [1.29, 1.82) is 0 Å². The summed E-state index contributed by atoms with van der Waals surface area (Å²) in [6.45, 7) is 0. The number of methoxy groups -OCH3 is 1. The van der Waals surface area contributed by atoms with Crippen LogP contribution in [0.25, 0.3) is 10.8 Å².